The fourth-order valence-corrected chi connectivity index (χ4v) is 0.628. The van der Waals surface area contributed by atoms with Crippen LogP contribution in [0.25, 0.3) is 0 Å². The lowest BCUT2D eigenvalue weighted by Crippen LogP contribution is -2.11. The predicted octanol–water partition coefficient (Wildman–Crippen LogP) is 0.558. The second-order valence-electron chi connectivity index (χ2n) is 1.95. The van der Waals surface area contributed by atoms with Crippen LogP contribution in [0.4, 0.5) is 4.39 Å². The van der Waals surface area contributed by atoms with E-state index in [1.165, 1.54) is 18.3 Å². The van der Waals surface area contributed by atoms with Crippen LogP contribution < -0.4 is 10.5 Å². The number of pyridine rings is 1. The summed E-state index contributed by atoms with van der Waals surface area (Å²) in [6.45, 7) is 0.759. The van der Waals surface area contributed by atoms with Crippen molar-refractivity contribution in [3.8, 4) is 5.88 Å². The maximum atomic E-state index is 12.4. The summed E-state index contributed by atoms with van der Waals surface area (Å²) in [4.78, 5) is 3.76. The first-order valence-corrected chi connectivity index (χ1v) is 3.27. The highest BCUT2D eigenvalue weighted by Gasteiger charge is 1.94. The van der Waals surface area contributed by atoms with Crippen molar-refractivity contribution in [2.75, 3.05) is 13.2 Å². The summed E-state index contributed by atoms with van der Waals surface area (Å²) in [5, 5.41) is 0. The summed E-state index contributed by atoms with van der Waals surface area (Å²) in [6, 6.07) is 2.48. The summed E-state index contributed by atoms with van der Waals surface area (Å²) >= 11 is 0. The second-order valence-corrected chi connectivity index (χ2v) is 1.95. The van der Waals surface area contributed by atoms with Crippen LogP contribution in [0.15, 0.2) is 18.3 Å². The van der Waals surface area contributed by atoms with E-state index in [1.54, 1.807) is 0 Å². The standard InChI is InChI=1S/C7H9FN2O/c8-6-1-3-10-7(5-6)11-4-2-9/h1,3,5H,2,4,9H2. The molecule has 0 aliphatic rings. The molecule has 1 aromatic heterocycles. The zero-order chi connectivity index (χ0) is 8.10. The van der Waals surface area contributed by atoms with Crippen LogP contribution in [0.3, 0.4) is 0 Å². The third-order valence-corrected chi connectivity index (χ3v) is 1.06. The van der Waals surface area contributed by atoms with Crippen molar-refractivity contribution < 1.29 is 9.13 Å². The number of aromatic nitrogens is 1. The second kappa shape index (κ2) is 3.88. The molecule has 0 saturated carbocycles. The van der Waals surface area contributed by atoms with Gasteiger partial charge < -0.3 is 10.5 Å². The van der Waals surface area contributed by atoms with Gasteiger partial charge in [-0.05, 0) is 6.07 Å². The van der Waals surface area contributed by atoms with Gasteiger partial charge in [0.2, 0.25) is 5.88 Å². The topological polar surface area (TPSA) is 48.1 Å². The fraction of sp³-hybridized carbons (Fsp3) is 0.286. The molecule has 4 heteroatoms. The van der Waals surface area contributed by atoms with E-state index in [2.05, 4.69) is 4.98 Å². The zero-order valence-corrected chi connectivity index (χ0v) is 5.96. The Balaban J connectivity index is 2.56. The van der Waals surface area contributed by atoms with Crippen LogP contribution >= 0.6 is 0 Å². The van der Waals surface area contributed by atoms with E-state index >= 15 is 0 Å². The van der Waals surface area contributed by atoms with E-state index in [4.69, 9.17) is 10.5 Å². The lowest BCUT2D eigenvalue weighted by molar-refractivity contribution is 0.313. The Morgan fingerprint density at radius 3 is 3.09 bits per heavy atom. The van der Waals surface area contributed by atoms with Gasteiger partial charge in [0.1, 0.15) is 12.4 Å². The summed E-state index contributed by atoms with van der Waals surface area (Å²) in [5.41, 5.74) is 5.17. The molecule has 0 fully saturated rings. The van der Waals surface area contributed by atoms with Crippen LogP contribution in [0.1, 0.15) is 0 Å². The van der Waals surface area contributed by atoms with Crippen molar-refractivity contribution in [3.63, 3.8) is 0 Å². The van der Waals surface area contributed by atoms with Crippen LogP contribution in [0.5, 0.6) is 5.88 Å². The molecule has 0 aliphatic carbocycles. The van der Waals surface area contributed by atoms with Crippen LogP contribution in [-0.4, -0.2) is 18.1 Å². The highest BCUT2D eigenvalue weighted by molar-refractivity contribution is 5.11. The number of rotatable bonds is 3. The molecule has 0 bridgehead atoms. The van der Waals surface area contributed by atoms with E-state index in [0.717, 1.165) is 0 Å². The van der Waals surface area contributed by atoms with E-state index in [-0.39, 0.29) is 11.7 Å². The lowest BCUT2D eigenvalue weighted by atomic mass is 10.5. The molecular weight excluding hydrogens is 147 g/mol. The van der Waals surface area contributed by atoms with Crippen molar-refractivity contribution in [2.24, 2.45) is 5.73 Å². The molecule has 3 nitrogen and oxygen atoms in total. The summed E-state index contributed by atoms with van der Waals surface area (Å²) in [6.07, 6.45) is 1.35. The molecule has 0 aromatic carbocycles. The number of nitrogens with two attached hydrogens (primary N) is 1. The van der Waals surface area contributed by atoms with Gasteiger partial charge in [-0.15, -0.1) is 0 Å². The van der Waals surface area contributed by atoms with Crippen LogP contribution in [0, 0.1) is 5.82 Å². The minimum Gasteiger partial charge on any atom is -0.476 e. The van der Waals surface area contributed by atoms with Gasteiger partial charge in [0.25, 0.3) is 0 Å². The first kappa shape index (κ1) is 7.94. The summed E-state index contributed by atoms with van der Waals surface area (Å²) in [7, 11) is 0. The van der Waals surface area contributed by atoms with E-state index in [9.17, 15) is 4.39 Å². The number of nitrogens with zero attached hydrogens (tertiary/aromatic N) is 1. The third-order valence-electron chi connectivity index (χ3n) is 1.06. The summed E-state index contributed by atoms with van der Waals surface area (Å²) in [5.74, 6) is -0.0810. The van der Waals surface area contributed by atoms with Gasteiger partial charge in [0.15, 0.2) is 0 Å². The maximum Gasteiger partial charge on any atom is 0.216 e. The molecule has 1 heterocycles. The maximum absolute atomic E-state index is 12.4. The minimum atomic E-state index is -0.355. The quantitative estimate of drug-likeness (QED) is 0.695. The molecular formula is C7H9FN2O. The SMILES string of the molecule is NCCOc1cc(F)ccn1. The molecule has 1 aromatic rings. The molecule has 0 saturated heterocycles. The van der Waals surface area contributed by atoms with Gasteiger partial charge in [-0.1, -0.05) is 0 Å². The first-order chi connectivity index (χ1) is 5.33. The van der Waals surface area contributed by atoms with Crippen LogP contribution in [-0.2, 0) is 0 Å². The molecule has 11 heavy (non-hydrogen) atoms. The van der Waals surface area contributed by atoms with Gasteiger partial charge in [-0.25, -0.2) is 9.37 Å². The lowest BCUT2D eigenvalue weighted by Gasteiger charge is -2.01. The largest absolute Gasteiger partial charge is 0.476 e. The Bertz CT molecular complexity index is 229. The van der Waals surface area contributed by atoms with Gasteiger partial charge in [-0.3, -0.25) is 0 Å². The molecule has 2 N–H and O–H groups in total. The van der Waals surface area contributed by atoms with Crippen molar-refractivity contribution >= 4 is 0 Å². The van der Waals surface area contributed by atoms with Gasteiger partial charge in [0, 0.05) is 18.8 Å². The average Bonchev–Trinajstić information content (AvgIpc) is 2.01. The van der Waals surface area contributed by atoms with E-state index in [0.29, 0.717) is 13.2 Å². The monoisotopic (exact) mass is 156 g/mol. The number of ether oxygens (including phenoxy) is 1. The molecule has 0 aliphatic heterocycles. The Morgan fingerprint density at radius 2 is 2.45 bits per heavy atom. The molecule has 0 radical (unpaired) electrons. The van der Waals surface area contributed by atoms with Crippen molar-refractivity contribution in [1.29, 1.82) is 0 Å². The Labute approximate surface area is 64.0 Å². The first-order valence-electron chi connectivity index (χ1n) is 3.27. The number of hydrogen-bond acceptors (Lipinski definition) is 3. The molecule has 0 spiro atoms. The zero-order valence-electron chi connectivity index (χ0n) is 5.96. The fourth-order valence-electron chi connectivity index (χ4n) is 0.628. The molecule has 0 atom stereocenters. The molecule has 0 amide bonds. The normalized spacial score (nSPS) is 9.64. The summed E-state index contributed by atoms with van der Waals surface area (Å²) < 4.78 is 17.4. The van der Waals surface area contributed by atoms with Gasteiger partial charge in [-0.2, -0.15) is 0 Å². The highest BCUT2D eigenvalue weighted by atomic mass is 19.1. The van der Waals surface area contributed by atoms with Crippen LogP contribution in [0.2, 0.25) is 0 Å². The van der Waals surface area contributed by atoms with E-state index < -0.39 is 0 Å². The Hall–Kier alpha value is -1.16. The third kappa shape index (κ3) is 2.51. The van der Waals surface area contributed by atoms with Gasteiger partial charge >= 0.3 is 0 Å². The molecule has 60 valence electrons. The van der Waals surface area contributed by atoms with Gasteiger partial charge in [0.05, 0.1) is 0 Å². The Kier molecular flexibility index (Phi) is 2.80. The molecule has 0 unspecified atom stereocenters. The number of hydrogen-bond donors (Lipinski definition) is 1. The smallest absolute Gasteiger partial charge is 0.216 e. The number of halogens is 1. The Morgan fingerprint density at radius 1 is 1.64 bits per heavy atom. The average molecular weight is 156 g/mol. The highest BCUT2D eigenvalue weighted by Crippen LogP contribution is 2.06. The van der Waals surface area contributed by atoms with Crippen molar-refractivity contribution in [1.82, 2.24) is 4.98 Å². The molecule has 1 rings (SSSR count). The van der Waals surface area contributed by atoms with Crippen molar-refractivity contribution in [2.45, 2.75) is 0 Å². The minimum absolute atomic E-state index is 0.274. The predicted molar refractivity (Wildman–Crippen MR) is 38.7 cm³/mol. The van der Waals surface area contributed by atoms with E-state index in [1.807, 2.05) is 0 Å². The van der Waals surface area contributed by atoms with Crippen molar-refractivity contribution in [3.05, 3.63) is 24.1 Å².